The number of benzene rings is 1. The van der Waals surface area contributed by atoms with Crippen LogP contribution in [-0.2, 0) is 13.0 Å². The summed E-state index contributed by atoms with van der Waals surface area (Å²) in [5, 5.41) is 14.3. The number of aromatic nitrogens is 2. The number of carboxylic acids is 1. The van der Waals surface area contributed by atoms with Crippen LogP contribution in [0.1, 0.15) is 36.5 Å². The molecule has 2 aromatic rings. The van der Waals surface area contributed by atoms with Crippen molar-refractivity contribution in [1.82, 2.24) is 9.78 Å². The molecule has 0 unspecified atom stereocenters. The third-order valence-corrected chi connectivity index (χ3v) is 4.38. The molecule has 1 aliphatic rings. The zero-order valence-electron chi connectivity index (χ0n) is 12.1. The molecule has 21 heavy (non-hydrogen) atoms. The van der Waals surface area contributed by atoms with Crippen LogP contribution in [0.25, 0.3) is 11.1 Å². The van der Waals surface area contributed by atoms with Gasteiger partial charge in [-0.1, -0.05) is 43.6 Å². The SMILES string of the molecule is CC1(C)CCn2nc(C(=O)O)c(-c3ccccc3Cl)c2C1. The molecule has 2 heterocycles. The minimum absolute atomic E-state index is 0.0933. The van der Waals surface area contributed by atoms with Crippen LogP contribution in [0.15, 0.2) is 24.3 Å². The Kier molecular flexibility index (Phi) is 3.29. The number of nitrogens with zero attached hydrogens (tertiary/aromatic N) is 2. The number of halogens is 1. The van der Waals surface area contributed by atoms with Gasteiger partial charge in [-0.25, -0.2) is 4.79 Å². The molecule has 5 heteroatoms. The van der Waals surface area contributed by atoms with Gasteiger partial charge in [-0.3, -0.25) is 4.68 Å². The first-order valence-corrected chi connectivity index (χ1v) is 7.35. The molecule has 0 bridgehead atoms. The first kappa shape index (κ1) is 14.1. The molecule has 0 spiro atoms. The lowest BCUT2D eigenvalue weighted by Crippen LogP contribution is -2.26. The Morgan fingerprint density at radius 1 is 1.38 bits per heavy atom. The van der Waals surface area contributed by atoms with Gasteiger partial charge < -0.3 is 5.11 Å². The molecule has 1 aliphatic heterocycles. The van der Waals surface area contributed by atoms with Gasteiger partial charge in [0.1, 0.15) is 0 Å². The topological polar surface area (TPSA) is 55.1 Å². The molecule has 3 rings (SSSR count). The van der Waals surface area contributed by atoms with Gasteiger partial charge in [0, 0.05) is 28.4 Å². The average Bonchev–Trinajstić information content (AvgIpc) is 2.76. The lowest BCUT2D eigenvalue weighted by Gasteiger charge is -2.30. The van der Waals surface area contributed by atoms with E-state index < -0.39 is 5.97 Å². The van der Waals surface area contributed by atoms with Crippen molar-refractivity contribution < 1.29 is 9.90 Å². The molecule has 0 atom stereocenters. The second-order valence-corrected chi connectivity index (χ2v) is 6.68. The summed E-state index contributed by atoms with van der Waals surface area (Å²) in [4.78, 5) is 11.6. The van der Waals surface area contributed by atoms with Gasteiger partial charge in [-0.2, -0.15) is 5.10 Å². The first-order chi connectivity index (χ1) is 9.89. The van der Waals surface area contributed by atoms with E-state index in [1.54, 1.807) is 6.07 Å². The highest BCUT2D eigenvalue weighted by Crippen LogP contribution is 2.40. The predicted molar refractivity (Wildman–Crippen MR) is 81.7 cm³/mol. The fourth-order valence-electron chi connectivity index (χ4n) is 2.91. The fourth-order valence-corrected chi connectivity index (χ4v) is 3.14. The zero-order chi connectivity index (χ0) is 15.2. The standard InChI is InChI=1S/C16H17ClN2O2/c1-16(2)7-8-19-12(9-16)13(14(18-19)15(20)21)10-5-3-4-6-11(10)17/h3-6H,7-9H2,1-2H3,(H,20,21). The van der Waals surface area contributed by atoms with Crippen LogP contribution in [0, 0.1) is 5.41 Å². The Hall–Kier alpha value is -1.81. The Balaban J connectivity index is 2.26. The van der Waals surface area contributed by atoms with Gasteiger partial charge in [-0.05, 0) is 24.3 Å². The largest absolute Gasteiger partial charge is 0.476 e. The van der Waals surface area contributed by atoms with Crippen molar-refractivity contribution in [2.24, 2.45) is 5.41 Å². The molecule has 110 valence electrons. The Bertz CT molecular complexity index is 719. The molecule has 1 aromatic heterocycles. The number of hydrogen-bond donors (Lipinski definition) is 1. The summed E-state index contributed by atoms with van der Waals surface area (Å²) < 4.78 is 1.83. The van der Waals surface area contributed by atoms with E-state index in [1.165, 1.54) is 0 Å². The first-order valence-electron chi connectivity index (χ1n) is 6.97. The van der Waals surface area contributed by atoms with Crippen molar-refractivity contribution >= 4 is 17.6 Å². The van der Waals surface area contributed by atoms with Gasteiger partial charge in [-0.15, -0.1) is 0 Å². The molecule has 0 amide bonds. The lowest BCUT2D eigenvalue weighted by molar-refractivity contribution is 0.0690. The van der Waals surface area contributed by atoms with Crippen LogP contribution in [0.2, 0.25) is 5.02 Å². The van der Waals surface area contributed by atoms with E-state index in [0.717, 1.165) is 30.6 Å². The van der Waals surface area contributed by atoms with E-state index in [9.17, 15) is 9.90 Å². The maximum absolute atomic E-state index is 11.6. The van der Waals surface area contributed by atoms with E-state index in [4.69, 9.17) is 11.6 Å². The van der Waals surface area contributed by atoms with Crippen LogP contribution in [0.5, 0.6) is 0 Å². The highest BCUT2D eigenvalue weighted by atomic mass is 35.5. The summed E-state index contributed by atoms with van der Waals surface area (Å²) in [7, 11) is 0. The molecule has 0 fully saturated rings. The van der Waals surface area contributed by atoms with Crippen LogP contribution >= 0.6 is 11.6 Å². The number of rotatable bonds is 2. The van der Waals surface area contributed by atoms with E-state index >= 15 is 0 Å². The summed E-state index contributed by atoms with van der Waals surface area (Å²) in [6, 6.07) is 7.34. The highest BCUT2D eigenvalue weighted by Gasteiger charge is 2.32. The monoisotopic (exact) mass is 304 g/mol. The minimum atomic E-state index is -1.01. The molecule has 1 aromatic carbocycles. The second kappa shape index (κ2) is 4.88. The van der Waals surface area contributed by atoms with Crippen molar-refractivity contribution in [3.63, 3.8) is 0 Å². The number of aryl methyl sites for hydroxylation is 1. The van der Waals surface area contributed by atoms with Crippen LogP contribution in [0.4, 0.5) is 0 Å². The van der Waals surface area contributed by atoms with E-state index in [2.05, 4.69) is 18.9 Å². The number of carbonyl (C=O) groups is 1. The maximum Gasteiger partial charge on any atom is 0.357 e. The molecular weight excluding hydrogens is 288 g/mol. The van der Waals surface area contributed by atoms with Crippen molar-refractivity contribution in [2.45, 2.75) is 33.2 Å². The second-order valence-electron chi connectivity index (χ2n) is 6.27. The Morgan fingerprint density at radius 3 is 2.76 bits per heavy atom. The Morgan fingerprint density at radius 2 is 2.10 bits per heavy atom. The van der Waals surface area contributed by atoms with Crippen molar-refractivity contribution in [3.05, 3.63) is 40.7 Å². The molecule has 0 radical (unpaired) electrons. The summed E-state index contributed by atoms with van der Waals surface area (Å²) >= 11 is 6.28. The van der Waals surface area contributed by atoms with Gasteiger partial charge in [0.2, 0.25) is 0 Å². The fraction of sp³-hybridized carbons (Fsp3) is 0.375. The van der Waals surface area contributed by atoms with Crippen LogP contribution < -0.4 is 0 Å². The quantitative estimate of drug-likeness (QED) is 0.916. The van der Waals surface area contributed by atoms with Gasteiger partial charge in [0.15, 0.2) is 5.69 Å². The van der Waals surface area contributed by atoms with E-state index in [1.807, 2.05) is 22.9 Å². The molecular formula is C16H17ClN2O2. The predicted octanol–water partition coefficient (Wildman–Crippen LogP) is 3.87. The molecule has 4 nitrogen and oxygen atoms in total. The minimum Gasteiger partial charge on any atom is -0.476 e. The number of hydrogen-bond acceptors (Lipinski definition) is 2. The van der Waals surface area contributed by atoms with Crippen LogP contribution in [-0.4, -0.2) is 20.9 Å². The third-order valence-electron chi connectivity index (χ3n) is 4.05. The Labute approximate surface area is 128 Å². The van der Waals surface area contributed by atoms with Crippen molar-refractivity contribution in [1.29, 1.82) is 0 Å². The number of carboxylic acid groups (broad SMARTS) is 1. The number of fused-ring (bicyclic) bond motifs is 1. The highest BCUT2D eigenvalue weighted by molar-refractivity contribution is 6.33. The summed E-state index contributed by atoms with van der Waals surface area (Å²) in [5.74, 6) is -1.01. The molecule has 1 N–H and O–H groups in total. The smallest absolute Gasteiger partial charge is 0.357 e. The normalized spacial score (nSPS) is 16.5. The van der Waals surface area contributed by atoms with E-state index in [0.29, 0.717) is 10.6 Å². The lowest BCUT2D eigenvalue weighted by atomic mass is 9.80. The molecule has 0 saturated carbocycles. The average molecular weight is 305 g/mol. The third kappa shape index (κ3) is 2.44. The van der Waals surface area contributed by atoms with E-state index in [-0.39, 0.29) is 11.1 Å². The van der Waals surface area contributed by atoms with Gasteiger partial charge in [0.25, 0.3) is 0 Å². The van der Waals surface area contributed by atoms with Crippen LogP contribution in [0.3, 0.4) is 0 Å². The zero-order valence-corrected chi connectivity index (χ0v) is 12.8. The summed E-state index contributed by atoms with van der Waals surface area (Å²) in [6.45, 7) is 5.13. The van der Waals surface area contributed by atoms with Gasteiger partial charge >= 0.3 is 5.97 Å². The van der Waals surface area contributed by atoms with Crippen molar-refractivity contribution in [2.75, 3.05) is 0 Å². The maximum atomic E-state index is 11.6. The van der Waals surface area contributed by atoms with Crippen molar-refractivity contribution in [3.8, 4) is 11.1 Å². The number of aromatic carboxylic acids is 1. The van der Waals surface area contributed by atoms with Gasteiger partial charge in [0.05, 0.1) is 0 Å². The summed E-state index contributed by atoms with van der Waals surface area (Å²) in [6.07, 6.45) is 1.79. The summed E-state index contributed by atoms with van der Waals surface area (Å²) in [5.41, 5.74) is 2.62. The molecule has 0 saturated heterocycles. The molecule has 0 aliphatic carbocycles.